The lowest BCUT2D eigenvalue weighted by atomic mass is 10.1. The maximum Gasteiger partial charge on any atom is 0.248 e. The summed E-state index contributed by atoms with van der Waals surface area (Å²) in [5.41, 5.74) is 0.451. The smallest absolute Gasteiger partial charge is 0.248 e. The highest BCUT2D eigenvalue weighted by molar-refractivity contribution is 7.89. The van der Waals surface area contributed by atoms with Crippen LogP contribution in [0.2, 0.25) is 0 Å². The number of hydrogen-bond acceptors (Lipinski definition) is 5. The van der Waals surface area contributed by atoms with Gasteiger partial charge in [-0.15, -0.1) is 0 Å². The number of rotatable bonds is 3. The molecule has 2 fully saturated rings. The van der Waals surface area contributed by atoms with Gasteiger partial charge in [0.1, 0.15) is 10.6 Å². The van der Waals surface area contributed by atoms with Crippen LogP contribution in [0.5, 0.6) is 0 Å². The van der Waals surface area contributed by atoms with Crippen molar-refractivity contribution in [2.24, 2.45) is 0 Å². The molecule has 0 radical (unpaired) electrons. The van der Waals surface area contributed by atoms with E-state index in [9.17, 15) is 8.42 Å². The topological polar surface area (TPSA) is 75.4 Å². The second-order valence-electron chi connectivity index (χ2n) is 5.68. The molecule has 2 unspecified atom stereocenters. The molecular weight excluding hydrogens is 278 g/mol. The molecule has 2 aliphatic heterocycles. The van der Waals surface area contributed by atoms with E-state index in [0.29, 0.717) is 18.0 Å². The van der Waals surface area contributed by atoms with Gasteiger partial charge in [-0.3, -0.25) is 0 Å². The molecule has 2 atom stereocenters. The Labute approximate surface area is 119 Å². The largest absolute Gasteiger partial charge is 0.360 e. The summed E-state index contributed by atoms with van der Waals surface area (Å²) in [6.45, 7) is 4.92. The SMILES string of the molecule is Cc1noc(C)c1S(=O)(=O)N1CCCC1C1CCCN1. The van der Waals surface area contributed by atoms with Gasteiger partial charge >= 0.3 is 0 Å². The molecule has 0 aliphatic carbocycles. The van der Waals surface area contributed by atoms with Crippen molar-refractivity contribution in [3.05, 3.63) is 11.5 Å². The lowest BCUT2D eigenvalue weighted by molar-refractivity contribution is 0.321. The number of aryl methyl sites for hydroxylation is 2. The molecule has 112 valence electrons. The van der Waals surface area contributed by atoms with Gasteiger partial charge in [0, 0.05) is 18.6 Å². The van der Waals surface area contributed by atoms with Crippen LogP contribution in [0.25, 0.3) is 0 Å². The zero-order valence-corrected chi connectivity index (χ0v) is 12.7. The van der Waals surface area contributed by atoms with Crippen LogP contribution in [0.3, 0.4) is 0 Å². The van der Waals surface area contributed by atoms with Gasteiger partial charge in [0.2, 0.25) is 10.0 Å². The molecule has 0 spiro atoms. The van der Waals surface area contributed by atoms with Gasteiger partial charge in [0.05, 0.1) is 0 Å². The first-order chi connectivity index (χ1) is 9.51. The third-order valence-electron chi connectivity index (χ3n) is 4.35. The van der Waals surface area contributed by atoms with Gasteiger partial charge in [-0.2, -0.15) is 4.31 Å². The highest BCUT2D eigenvalue weighted by atomic mass is 32.2. The Bertz CT molecular complexity index is 571. The van der Waals surface area contributed by atoms with Crippen LogP contribution in [-0.4, -0.2) is 43.1 Å². The molecule has 2 aliphatic rings. The van der Waals surface area contributed by atoms with Gasteiger partial charge in [0.15, 0.2) is 5.76 Å². The fraction of sp³-hybridized carbons (Fsp3) is 0.769. The number of nitrogens with zero attached hydrogens (tertiary/aromatic N) is 2. The molecule has 1 N–H and O–H groups in total. The Hall–Kier alpha value is -0.920. The standard InChI is InChI=1S/C13H21N3O3S/c1-9-13(10(2)19-15-9)20(17,18)16-8-4-6-12(16)11-5-3-7-14-11/h11-12,14H,3-8H2,1-2H3. The minimum atomic E-state index is -3.51. The van der Waals surface area contributed by atoms with Crippen molar-refractivity contribution in [1.29, 1.82) is 0 Å². The number of sulfonamides is 1. The molecule has 0 amide bonds. The second kappa shape index (κ2) is 5.13. The van der Waals surface area contributed by atoms with Crippen LogP contribution >= 0.6 is 0 Å². The number of aromatic nitrogens is 1. The molecule has 1 aromatic rings. The minimum Gasteiger partial charge on any atom is -0.360 e. The molecule has 0 bridgehead atoms. The first kappa shape index (κ1) is 14.0. The maximum atomic E-state index is 12.9. The van der Waals surface area contributed by atoms with Crippen molar-refractivity contribution in [2.45, 2.75) is 56.5 Å². The molecule has 7 heteroatoms. The maximum absolute atomic E-state index is 12.9. The Morgan fingerprint density at radius 3 is 2.70 bits per heavy atom. The molecular formula is C13H21N3O3S. The Morgan fingerprint density at radius 2 is 2.10 bits per heavy atom. The van der Waals surface area contributed by atoms with Gasteiger partial charge in [0.25, 0.3) is 0 Å². The highest BCUT2D eigenvalue weighted by Crippen LogP contribution is 2.32. The quantitative estimate of drug-likeness (QED) is 0.907. The summed E-state index contributed by atoms with van der Waals surface area (Å²) in [6.07, 6.45) is 4.03. The van der Waals surface area contributed by atoms with Crippen LogP contribution in [0.4, 0.5) is 0 Å². The summed E-state index contributed by atoms with van der Waals surface area (Å²) in [5.74, 6) is 0.382. The molecule has 1 aromatic heterocycles. The molecule has 0 aromatic carbocycles. The molecule has 3 heterocycles. The first-order valence-corrected chi connectivity index (χ1v) is 8.64. The summed E-state index contributed by atoms with van der Waals surface area (Å²) in [4.78, 5) is 0.252. The predicted molar refractivity (Wildman–Crippen MR) is 73.9 cm³/mol. The van der Waals surface area contributed by atoms with E-state index in [0.717, 1.165) is 32.2 Å². The lowest BCUT2D eigenvalue weighted by Gasteiger charge is -2.28. The predicted octanol–water partition coefficient (Wildman–Crippen LogP) is 1.20. The zero-order chi connectivity index (χ0) is 14.3. The average Bonchev–Trinajstić information content (AvgIpc) is 3.08. The number of nitrogens with one attached hydrogen (secondary N) is 1. The third kappa shape index (κ3) is 2.17. The third-order valence-corrected chi connectivity index (χ3v) is 6.52. The fourth-order valence-electron chi connectivity index (χ4n) is 3.47. The van der Waals surface area contributed by atoms with Gasteiger partial charge in [-0.05, 0) is 46.1 Å². The summed E-state index contributed by atoms with van der Waals surface area (Å²) >= 11 is 0. The van der Waals surface area contributed by atoms with Crippen LogP contribution in [0.1, 0.15) is 37.1 Å². The van der Waals surface area contributed by atoms with Crippen molar-refractivity contribution in [3.8, 4) is 0 Å². The van der Waals surface area contributed by atoms with E-state index in [4.69, 9.17) is 4.52 Å². The molecule has 0 saturated carbocycles. The zero-order valence-electron chi connectivity index (χ0n) is 11.9. The molecule has 6 nitrogen and oxygen atoms in total. The summed E-state index contributed by atoms with van der Waals surface area (Å²) in [5, 5.41) is 7.21. The van der Waals surface area contributed by atoms with Crippen LogP contribution in [0, 0.1) is 13.8 Å². The Balaban J connectivity index is 1.94. The van der Waals surface area contributed by atoms with E-state index in [1.807, 2.05) is 0 Å². The Kier molecular flexibility index (Phi) is 3.60. The van der Waals surface area contributed by atoms with Crippen molar-refractivity contribution in [2.75, 3.05) is 13.1 Å². The van der Waals surface area contributed by atoms with E-state index in [1.54, 1.807) is 18.2 Å². The van der Waals surface area contributed by atoms with Crippen molar-refractivity contribution < 1.29 is 12.9 Å². The minimum absolute atomic E-state index is 0.0659. The van der Waals surface area contributed by atoms with Crippen LogP contribution in [0.15, 0.2) is 9.42 Å². The van der Waals surface area contributed by atoms with Crippen molar-refractivity contribution >= 4 is 10.0 Å². The molecule has 3 rings (SSSR count). The number of hydrogen-bond donors (Lipinski definition) is 1. The molecule has 2 saturated heterocycles. The lowest BCUT2D eigenvalue weighted by Crippen LogP contribution is -2.46. The molecule has 20 heavy (non-hydrogen) atoms. The highest BCUT2D eigenvalue weighted by Gasteiger charge is 2.42. The van der Waals surface area contributed by atoms with E-state index < -0.39 is 10.0 Å². The van der Waals surface area contributed by atoms with Gasteiger partial charge in [-0.25, -0.2) is 8.42 Å². The Morgan fingerprint density at radius 1 is 1.30 bits per heavy atom. The van der Waals surface area contributed by atoms with Crippen LogP contribution in [-0.2, 0) is 10.0 Å². The van der Waals surface area contributed by atoms with E-state index in [-0.39, 0.29) is 17.0 Å². The average molecular weight is 299 g/mol. The fourth-order valence-corrected chi connectivity index (χ4v) is 5.49. The summed E-state index contributed by atoms with van der Waals surface area (Å²) in [6, 6.07) is 0.351. The summed E-state index contributed by atoms with van der Waals surface area (Å²) in [7, 11) is -3.51. The normalized spacial score (nSPS) is 28.3. The van der Waals surface area contributed by atoms with E-state index in [1.165, 1.54) is 0 Å². The van der Waals surface area contributed by atoms with E-state index in [2.05, 4.69) is 10.5 Å². The van der Waals surface area contributed by atoms with Crippen LogP contribution < -0.4 is 5.32 Å². The summed E-state index contributed by atoms with van der Waals surface area (Å²) < 4.78 is 32.5. The van der Waals surface area contributed by atoms with Gasteiger partial charge < -0.3 is 9.84 Å². The second-order valence-corrected chi connectivity index (χ2v) is 7.51. The van der Waals surface area contributed by atoms with Gasteiger partial charge in [-0.1, -0.05) is 5.16 Å². The van der Waals surface area contributed by atoms with E-state index >= 15 is 0 Å². The monoisotopic (exact) mass is 299 g/mol. The van der Waals surface area contributed by atoms with Crippen molar-refractivity contribution in [1.82, 2.24) is 14.8 Å². The van der Waals surface area contributed by atoms with Crippen molar-refractivity contribution in [3.63, 3.8) is 0 Å². The first-order valence-electron chi connectivity index (χ1n) is 7.20.